The average Bonchev–Trinajstić information content (AvgIpc) is 3.74. The van der Waals surface area contributed by atoms with Crippen LogP contribution in [0, 0.1) is 24.6 Å². The minimum Gasteiger partial charge on any atom is -0.458 e. The molecule has 2 aromatic heterocycles. The number of unbranched alkanes of at least 4 members (excludes halogenated alkanes) is 1. The normalized spacial score (nSPS) is 17.1. The van der Waals surface area contributed by atoms with Gasteiger partial charge in [0.15, 0.2) is 17.2 Å². The summed E-state index contributed by atoms with van der Waals surface area (Å²) in [7, 11) is 0. The Kier molecular flexibility index (Phi) is 17.1. The summed E-state index contributed by atoms with van der Waals surface area (Å²) < 4.78 is 27.7. The van der Waals surface area contributed by atoms with Crippen LogP contribution in [0.15, 0.2) is 52.4 Å². The van der Waals surface area contributed by atoms with Gasteiger partial charge in [0.05, 0.1) is 54.8 Å². The summed E-state index contributed by atoms with van der Waals surface area (Å²) in [6.45, 7) is 3.95. The third kappa shape index (κ3) is 11.8. The van der Waals surface area contributed by atoms with E-state index in [-0.39, 0.29) is 100.0 Å². The van der Waals surface area contributed by atoms with Gasteiger partial charge in [-0.1, -0.05) is 55.7 Å². The van der Waals surface area contributed by atoms with Gasteiger partial charge in [0.2, 0.25) is 17.7 Å². The number of aryl methyl sites for hydroxylation is 1. The third-order valence-corrected chi connectivity index (χ3v) is 13.9. The van der Waals surface area contributed by atoms with Crippen molar-refractivity contribution < 1.29 is 52.5 Å². The number of nitrogens with one attached hydrogen (secondary N) is 3. The molecule has 7 rings (SSSR count). The molecule has 0 saturated carbocycles. The Morgan fingerprint density at radius 2 is 1.78 bits per heavy atom. The Bertz CT molecular complexity index is 2920. The summed E-state index contributed by atoms with van der Waals surface area (Å²) in [5.41, 5.74) is 10.5. The van der Waals surface area contributed by atoms with Gasteiger partial charge < -0.3 is 35.1 Å². The minimum atomic E-state index is -2.04. The van der Waals surface area contributed by atoms with Gasteiger partial charge in [-0.05, 0) is 79.3 Å². The minimum absolute atomic E-state index is 0.0128. The topological polar surface area (TPSA) is 278 Å². The molecule has 2 aliphatic heterocycles. The molecule has 4 N–H and O–H groups in total. The molecule has 4 heterocycles. The van der Waals surface area contributed by atoms with Crippen molar-refractivity contribution in [2.75, 3.05) is 32.8 Å². The quantitative estimate of drug-likeness (QED) is 0.0195. The molecule has 4 aromatic rings. The van der Waals surface area contributed by atoms with Crippen LogP contribution in [0.5, 0.6) is 0 Å². The van der Waals surface area contributed by atoms with E-state index in [1.807, 2.05) is 18.2 Å². The van der Waals surface area contributed by atoms with Crippen LogP contribution in [-0.2, 0) is 74.6 Å². The number of pyridine rings is 2. The van der Waals surface area contributed by atoms with E-state index in [9.17, 15) is 43.5 Å². The van der Waals surface area contributed by atoms with E-state index in [0.717, 1.165) is 11.1 Å². The van der Waals surface area contributed by atoms with Gasteiger partial charge in [0, 0.05) is 71.6 Å². The van der Waals surface area contributed by atoms with Crippen LogP contribution in [0.2, 0.25) is 0 Å². The van der Waals surface area contributed by atoms with Crippen molar-refractivity contribution >= 4 is 51.9 Å². The fourth-order valence-corrected chi connectivity index (χ4v) is 9.81. The predicted octanol–water partition coefficient (Wildman–Crippen LogP) is 5.12. The van der Waals surface area contributed by atoms with Crippen LogP contribution in [0.3, 0.4) is 0 Å². The van der Waals surface area contributed by atoms with E-state index in [2.05, 4.69) is 26.0 Å². The SMILES string of the molecule is CC[C@@]1(O)C(=O)OCc2c1cc1n(c2=O)Cc2c-1nc1cc(F)c(C)c3c1c2[C@@H](NC(=O)COCCC(=O)CNC(=O)[C@@H](CC(=O)CNC(=O)CCC(=O)[C@H](C)CCCCN=[N+]=[N-])Cc1ccccc1)CC3. The van der Waals surface area contributed by atoms with Crippen LogP contribution < -0.4 is 21.5 Å². The molecular formula is C52H59FN8O11. The van der Waals surface area contributed by atoms with Gasteiger partial charge in [0.1, 0.15) is 24.8 Å². The summed E-state index contributed by atoms with van der Waals surface area (Å²) in [5.74, 6) is -4.80. The second-order valence-corrected chi connectivity index (χ2v) is 18.8. The number of aromatic nitrogens is 2. The number of hydrogen-bond acceptors (Lipinski definition) is 13. The number of aliphatic hydroxyl groups is 1. The molecule has 0 spiro atoms. The number of azide groups is 1. The number of Topliss-reactive ketones (excluding diaryl/α,β-unsaturated/α-hetero) is 3. The van der Waals surface area contributed by atoms with E-state index in [4.69, 9.17) is 20.0 Å². The van der Waals surface area contributed by atoms with Crippen LogP contribution in [0.25, 0.3) is 32.7 Å². The zero-order chi connectivity index (χ0) is 51.7. The average molecular weight is 991 g/mol. The van der Waals surface area contributed by atoms with Crippen molar-refractivity contribution in [3.8, 4) is 11.4 Å². The number of cyclic esters (lactones) is 1. The molecule has 20 heteroatoms. The Balaban J connectivity index is 0.914. The molecule has 3 aliphatic rings. The predicted molar refractivity (Wildman–Crippen MR) is 259 cm³/mol. The zero-order valence-electron chi connectivity index (χ0n) is 40.6. The van der Waals surface area contributed by atoms with Gasteiger partial charge in [0.25, 0.3) is 5.56 Å². The van der Waals surface area contributed by atoms with Gasteiger partial charge in [-0.3, -0.25) is 33.6 Å². The maximum atomic E-state index is 15.4. The van der Waals surface area contributed by atoms with Crippen molar-refractivity contribution in [2.24, 2.45) is 17.0 Å². The van der Waals surface area contributed by atoms with E-state index >= 15 is 4.39 Å². The zero-order valence-corrected chi connectivity index (χ0v) is 40.6. The summed E-state index contributed by atoms with van der Waals surface area (Å²) in [5, 5.41) is 23.7. The highest BCUT2D eigenvalue weighted by atomic mass is 19.1. The number of fused-ring (bicyclic) bond motifs is 5. The molecule has 19 nitrogen and oxygen atoms in total. The summed E-state index contributed by atoms with van der Waals surface area (Å²) in [4.78, 5) is 112. The molecular weight excluding hydrogens is 932 g/mol. The summed E-state index contributed by atoms with van der Waals surface area (Å²) in [6.07, 6.45) is 2.52. The van der Waals surface area contributed by atoms with E-state index < -0.39 is 65.0 Å². The Morgan fingerprint density at radius 3 is 2.53 bits per heavy atom. The highest BCUT2D eigenvalue weighted by molar-refractivity contribution is 5.95. The largest absolute Gasteiger partial charge is 0.458 e. The number of hydrogen-bond donors (Lipinski definition) is 4. The lowest BCUT2D eigenvalue weighted by Crippen LogP contribution is -2.44. The van der Waals surface area contributed by atoms with Crippen molar-refractivity contribution in [3.05, 3.63) is 108 Å². The Hall–Kier alpha value is -7.15. The standard InChI is InChI=1S/C52H59FN8O11/c1-4-52(70)38-22-42-48-36(26-61(42)50(68)37(38)27-72-51(52)69)47-40(14-13-35-30(3)39(53)23-41(59-48)46(35)47)58-45(66)28-71-19-17-33(62)24-56-49(67)32(20-31-11-6-5-7-12-31)21-34(63)25-55-44(65)16-15-43(64)29(2)10-8-9-18-57-60-54/h5-7,11-12,22-23,29,32,40,70H,4,8-10,13-21,24-28H2,1-3H3,(H,55,65)(H,56,67)(H,58,66)/t29-,32-,40+,52+/m1/s1. The number of ketones is 3. The lowest BCUT2D eigenvalue weighted by atomic mass is 9.81. The van der Waals surface area contributed by atoms with Crippen molar-refractivity contribution in [3.63, 3.8) is 0 Å². The first-order chi connectivity index (χ1) is 34.5. The van der Waals surface area contributed by atoms with Crippen LogP contribution in [0.1, 0.15) is 117 Å². The first-order valence-corrected chi connectivity index (χ1v) is 24.4. The highest BCUT2D eigenvalue weighted by Gasteiger charge is 2.46. The lowest BCUT2D eigenvalue weighted by molar-refractivity contribution is -0.172. The van der Waals surface area contributed by atoms with Gasteiger partial charge in [-0.2, -0.15) is 0 Å². The molecule has 0 unspecified atom stereocenters. The Morgan fingerprint density at radius 1 is 1.01 bits per heavy atom. The highest BCUT2D eigenvalue weighted by Crippen LogP contribution is 2.46. The van der Waals surface area contributed by atoms with Crippen LogP contribution in [0.4, 0.5) is 4.39 Å². The summed E-state index contributed by atoms with van der Waals surface area (Å²) >= 11 is 0. The molecule has 0 bridgehead atoms. The molecule has 72 heavy (non-hydrogen) atoms. The number of ether oxygens (including phenoxy) is 2. The van der Waals surface area contributed by atoms with E-state index in [0.29, 0.717) is 77.6 Å². The summed E-state index contributed by atoms with van der Waals surface area (Å²) in [6, 6.07) is 11.3. The molecule has 3 amide bonds. The van der Waals surface area contributed by atoms with E-state index in [1.54, 1.807) is 39.0 Å². The molecule has 2 aromatic carbocycles. The van der Waals surface area contributed by atoms with Crippen LogP contribution in [-0.4, -0.2) is 88.5 Å². The molecule has 0 fully saturated rings. The second kappa shape index (κ2) is 23.4. The number of halogens is 1. The van der Waals surface area contributed by atoms with Crippen LogP contribution >= 0.6 is 0 Å². The van der Waals surface area contributed by atoms with Crippen molar-refractivity contribution in [1.29, 1.82) is 0 Å². The lowest BCUT2D eigenvalue weighted by Gasteiger charge is -2.31. The van der Waals surface area contributed by atoms with Gasteiger partial charge in [-0.15, -0.1) is 0 Å². The molecule has 380 valence electrons. The number of rotatable bonds is 25. The number of benzene rings is 2. The monoisotopic (exact) mass is 990 g/mol. The maximum absolute atomic E-state index is 15.4. The number of esters is 1. The fourth-order valence-electron chi connectivity index (χ4n) is 9.81. The number of carbonyl (C=O) groups is 7. The second-order valence-electron chi connectivity index (χ2n) is 18.8. The smallest absolute Gasteiger partial charge is 0.343 e. The molecule has 0 saturated heterocycles. The number of nitrogens with zero attached hydrogens (tertiary/aromatic N) is 5. The third-order valence-electron chi connectivity index (χ3n) is 13.9. The first kappa shape index (κ1) is 52.7. The maximum Gasteiger partial charge on any atom is 0.343 e. The molecule has 0 radical (unpaired) electrons. The molecule has 4 atom stereocenters. The van der Waals surface area contributed by atoms with Gasteiger partial charge >= 0.3 is 5.97 Å². The van der Waals surface area contributed by atoms with E-state index in [1.165, 1.54) is 10.6 Å². The number of carbonyl (C=O) groups excluding carboxylic acids is 7. The van der Waals surface area contributed by atoms with Crippen molar-refractivity contribution in [1.82, 2.24) is 25.5 Å². The van der Waals surface area contributed by atoms with Crippen molar-refractivity contribution in [2.45, 2.75) is 116 Å². The number of amides is 3. The Labute approximate surface area is 414 Å². The fraction of sp³-hybridized carbons (Fsp3) is 0.481. The molecule has 1 aliphatic carbocycles. The first-order valence-electron chi connectivity index (χ1n) is 24.4. The van der Waals surface area contributed by atoms with Gasteiger partial charge in [-0.25, -0.2) is 14.2 Å².